The smallest absolute Gasteiger partial charge is 0.243 e. The Balaban J connectivity index is 1.37. The maximum atomic E-state index is 11.9. The first-order valence-corrected chi connectivity index (χ1v) is 13.8. The van der Waals surface area contributed by atoms with E-state index in [9.17, 15) is 13.2 Å². The Hall–Kier alpha value is -4.17. The molecular formula is C26H28N8O4S. The number of sulfonamides is 1. The predicted molar refractivity (Wildman–Crippen MR) is 148 cm³/mol. The number of amides is 1. The molecule has 8 N–H and O–H groups in total. The van der Waals surface area contributed by atoms with Gasteiger partial charge in [0.25, 0.3) is 0 Å². The van der Waals surface area contributed by atoms with Gasteiger partial charge in [-0.2, -0.15) is 4.98 Å². The number of carbonyl (C=O) groups is 1. The Morgan fingerprint density at radius 1 is 1.00 bits per heavy atom. The summed E-state index contributed by atoms with van der Waals surface area (Å²) in [6.45, 7) is -0.0490. The predicted octanol–water partition coefficient (Wildman–Crippen LogP) is 1.78. The van der Waals surface area contributed by atoms with Crippen molar-refractivity contribution < 1.29 is 18.3 Å². The topological polar surface area (TPSA) is 198 Å². The maximum Gasteiger partial charge on any atom is 0.243 e. The molecule has 2 aromatic heterocycles. The lowest BCUT2D eigenvalue weighted by Crippen LogP contribution is -2.38. The molecule has 1 atom stereocenters. The summed E-state index contributed by atoms with van der Waals surface area (Å²) in [6, 6.07) is 16.5. The van der Waals surface area contributed by atoms with Gasteiger partial charge in [-0.3, -0.25) is 4.79 Å². The number of aromatic nitrogens is 3. The standard InChI is InChI=1S/C26H28N8O4S/c27-20(14-35)25(36)31-18-5-3-16(4-6-18)21-11-12-22-23(32-21)24(30-17-7-8-17)34-26(33-22)29-13-15-1-9-19(10-2-15)39(28,37)38/h1-6,9-12,17,20,35H,7-8,13-14,27H2,(H,31,36)(H2,28,37,38)(H2,29,30,33,34)/t20-/m0/s1. The molecule has 2 heterocycles. The highest BCUT2D eigenvalue weighted by atomic mass is 32.2. The fourth-order valence-corrected chi connectivity index (χ4v) is 4.31. The minimum absolute atomic E-state index is 0.0521. The van der Waals surface area contributed by atoms with Crippen molar-refractivity contribution in [2.75, 3.05) is 22.6 Å². The fraction of sp³-hybridized carbons (Fsp3) is 0.231. The number of hydrogen-bond acceptors (Lipinski definition) is 10. The number of aliphatic hydroxyl groups excluding tert-OH is 1. The van der Waals surface area contributed by atoms with E-state index in [2.05, 4.69) is 25.9 Å². The molecule has 0 aliphatic heterocycles. The molecule has 0 unspecified atom stereocenters. The van der Waals surface area contributed by atoms with E-state index < -0.39 is 28.6 Å². The molecule has 4 aromatic rings. The molecule has 0 radical (unpaired) electrons. The van der Waals surface area contributed by atoms with Crippen molar-refractivity contribution in [2.45, 2.75) is 36.4 Å². The Bertz CT molecular complexity index is 1610. The van der Waals surface area contributed by atoms with Crippen LogP contribution < -0.4 is 26.8 Å². The van der Waals surface area contributed by atoms with Crippen molar-refractivity contribution in [3.63, 3.8) is 0 Å². The first kappa shape index (κ1) is 26.4. The average Bonchev–Trinajstić information content (AvgIpc) is 3.75. The van der Waals surface area contributed by atoms with E-state index >= 15 is 0 Å². The zero-order valence-corrected chi connectivity index (χ0v) is 21.6. The zero-order valence-electron chi connectivity index (χ0n) is 20.8. The molecule has 13 heteroatoms. The lowest BCUT2D eigenvalue weighted by molar-refractivity contribution is -0.118. The molecule has 1 saturated carbocycles. The zero-order chi connectivity index (χ0) is 27.6. The summed E-state index contributed by atoms with van der Waals surface area (Å²) in [5.74, 6) is 0.571. The summed E-state index contributed by atoms with van der Waals surface area (Å²) in [6.07, 6.45) is 2.11. The van der Waals surface area contributed by atoms with E-state index in [4.69, 9.17) is 21.0 Å². The normalized spacial score (nSPS) is 14.1. The highest BCUT2D eigenvalue weighted by Crippen LogP contribution is 2.30. The monoisotopic (exact) mass is 548 g/mol. The highest BCUT2D eigenvalue weighted by molar-refractivity contribution is 7.89. The van der Waals surface area contributed by atoms with Gasteiger partial charge in [0.15, 0.2) is 5.82 Å². The van der Waals surface area contributed by atoms with Crippen LogP contribution in [0.4, 0.5) is 17.5 Å². The van der Waals surface area contributed by atoms with Crippen LogP contribution in [0, 0.1) is 0 Å². The number of nitrogens with one attached hydrogen (secondary N) is 3. The average molecular weight is 549 g/mol. The number of nitrogens with zero attached hydrogens (tertiary/aromatic N) is 3. The summed E-state index contributed by atoms with van der Waals surface area (Å²) in [4.78, 5) is 26.1. The van der Waals surface area contributed by atoms with Crippen LogP contribution in [0.25, 0.3) is 22.3 Å². The van der Waals surface area contributed by atoms with Crippen LogP contribution in [0.15, 0.2) is 65.6 Å². The minimum Gasteiger partial charge on any atom is -0.394 e. The van der Waals surface area contributed by atoms with Crippen molar-refractivity contribution in [3.8, 4) is 11.3 Å². The van der Waals surface area contributed by atoms with Crippen LogP contribution in [0.2, 0.25) is 0 Å². The Kier molecular flexibility index (Phi) is 7.39. The number of rotatable bonds is 10. The number of benzene rings is 2. The van der Waals surface area contributed by atoms with E-state index in [1.807, 2.05) is 24.3 Å². The molecule has 39 heavy (non-hydrogen) atoms. The second-order valence-corrected chi connectivity index (χ2v) is 10.8. The van der Waals surface area contributed by atoms with Crippen LogP contribution in [-0.4, -0.2) is 53.1 Å². The van der Waals surface area contributed by atoms with E-state index in [0.29, 0.717) is 46.8 Å². The number of hydrogen-bond donors (Lipinski definition) is 6. The van der Waals surface area contributed by atoms with Crippen molar-refractivity contribution in [3.05, 3.63) is 66.2 Å². The highest BCUT2D eigenvalue weighted by Gasteiger charge is 2.23. The van der Waals surface area contributed by atoms with Crippen molar-refractivity contribution >= 4 is 44.4 Å². The molecule has 1 fully saturated rings. The van der Waals surface area contributed by atoms with Crippen molar-refractivity contribution in [1.29, 1.82) is 0 Å². The molecule has 1 aliphatic carbocycles. The van der Waals surface area contributed by atoms with Gasteiger partial charge in [-0.15, -0.1) is 0 Å². The maximum absolute atomic E-state index is 11.9. The second-order valence-electron chi connectivity index (χ2n) is 9.28. The molecule has 202 valence electrons. The van der Waals surface area contributed by atoms with Crippen LogP contribution in [0.1, 0.15) is 18.4 Å². The van der Waals surface area contributed by atoms with E-state index in [1.165, 1.54) is 12.1 Å². The summed E-state index contributed by atoms with van der Waals surface area (Å²) in [7, 11) is -3.75. The summed E-state index contributed by atoms with van der Waals surface area (Å²) >= 11 is 0. The quantitative estimate of drug-likeness (QED) is 0.170. The first-order valence-electron chi connectivity index (χ1n) is 12.3. The third-order valence-corrected chi connectivity index (χ3v) is 7.07. The molecule has 5 rings (SSSR count). The van der Waals surface area contributed by atoms with Gasteiger partial charge in [0.2, 0.25) is 21.9 Å². The molecule has 2 aromatic carbocycles. The summed E-state index contributed by atoms with van der Waals surface area (Å²) in [5.41, 5.74) is 9.79. The first-order chi connectivity index (χ1) is 18.7. The Labute approximate surface area is 224 Å². The molecule has 1 aliphatic rings. The van der Waals surface area contributed by atoms with Gasteiger partial charge >= 0.3 is 0 Å². The van der Waals surface area contributed by atoms with E-state index in [0.717, 1.165) is 24.0 Å². The van der Waals surface area contributed by atoms with Gasteiger partial charge in [0.05, 0.1) is 22.7 Å². The molecule has 0 bridgehead atoms. The van der Waals surface area contributed by atoms with E-state index in [1.54, 1.807) is 24.3 Å². The lowest BCUT2D eigenvalue weighted by Gasteiger charge is -2.13. The molecule has 0 saturated heterocycles. The molecule has 1 amide bonds. The molecule has 12 nitrogen and oxygen atoms in total. The SMILES string of the molecule is N[C@@H](CO)C(=O)Nc1ccc(-c2ccc3nc(NCc4ccc(S(N)(=O)=O)cc4)nc(NC4CC4)c3n2)cc1. The van der Waals surface area contributed by atoms with Gasteiger partial charge in [-0.05, 0) is 54.8 Å². The molecule has 0 spiro atoms. The Morgan fingerprint density at radius 3 is 2.36 bits per heavy atom. The number of primary sulfonamides is 1. The van der Waals surface area contributed by atoms with Crippen LogP contribution in [0.5, 0.6) is 0 Å². The Morgan fingerprint density at radius 2 is 1.72 bits per heavy atom. The van der Waals surface area contributed by atoms with Gasteiger partial charge in [-0.1, -0.05) is 24.3 Å². The van der Waals surface area contributed by atoms with Crippen LogP contribution in [0.3, 0.4) is 0 Å². The minimum atomic E-state index is -3.75. The number of anilines is 3. The number of nitrogens with two attached hydrogens (primary N) is 2. The third kappa shape index (κ3) is 6.46. The van der Waals surface area contributed by atoms with Gasteiger partial charge < -0.3 is 26.8 Å². The largest absolute Gasteiger partial charge is 0.394 e. The molecular weight excluding hydrogens is 520 g/mol. The number of aliphatic hydroxyl groups is 1. The van der Waals surface area contributed by atoms with Gasteiger partial charge in [0, 0.05) is 23.8 Å². The van der Waals surface area contributed by atoms with Crippen LogP contribution in [-0.2, 0) is 21.4 Å². The number of fused-ring (bicyclic) bond motifs is 1. The van der Waals surface area contributed by atoms with Gasteiger partial charge in [-0.25, -0.2) is 23.5 Å². The number of pyridine rings is 1. The second kappa shape index (κ2) is 10.9. The van der Waals surface area contributed by atoms with Crippen LogP contribution >= 0.6 is 0 Å². The van der Waals surface area contributed by atoms with E-state index in [-0.39, 0.29) is 4.90 Å². The fourth-order valence-electron chi connectivity index (χ4n) is 3.80. The third-order valence-electron chi connectivity index (χ3n) is 6.14. The van der Waals surface area contributed by atoms with Crippen molar-refractivity contribution in [2.24, 2.45) is 10.9 Å². The van der Waals surface area contributed by atoms with Crippen molar-refractivity contribution in [1.82, 2.24) is 15.0 Å². The summed E-state index contributed by atoms with van der Waals surface area (Å²) in [5, 5.41) is 23.5. The van der Waals surface area contributed by atoms with Gasteiger partial charge in [0.1, 0.15) is 11.6 Å². The number of carbonyl (C=O) groups excluding carboxylic acids is 1. The summed E-state index contributed by atoms with van der Waals surface area (Å²) < 4.78 is 23.0. The lowest BCUT2D eigenvalue weighted by atomic mass is 10.1.